The van der Waals surface area contributed by atoms with Crippen LogP contribution in [-0.2, 0) is 22.6 Å². The summed E-state index contributed by atoms with van der Waals surface area (Å²) in [5, 5.41) is 0.508. The number of hydrogen-bond acceptors (Lipinski definition) is 3. The van der Waals surface area contributed by atoms with Gasteiger partial charge in [-0.1, -0.05) is 41.9 Å². The van der Waals surface area contributed by atoms with E-state index in [0.717, 1.165) is 37.2 Å². The van der Waals surface area contributed by atoms with Gasteiger partial charge in [0.2, 0.25) is 5.91 Å². The fourth-order valence-corrected chi connectivity index (χ4v) is 6.82. The van der Waals surface area contributed by atoms with Gasteiger partial charge in [-0.05, 0) is 86.4 Å². The van der Waals surface area contributed by atoms with Crippen molar-refractivity contribution >= 4 is 29.1 Å². The maximum atomic E-state index is 13.4. The van der Waals surface area contributed by atoms with E-state index in [0.29, 0.717) is 36.7 Å². The van der Waals surface area contributed by atoms with E-state index in [-0.39, 0.29) is 29.9 Å². The smallest absolute Gasteiger partial charge is 0.341 e. The van der Waals surface area contributed by atoms with Gasteiger partial charge in [-0.3, -0.25) is 9.59 Å². The second-order valence-electron chi connectivity index (χ2n) is 12.3. The van der Waals surface area contributed by atoms with Crippen LogP contribution in [0.25, 0.3) is 0 Å². The monoisotopic (exact) mass is 665 g/mol. The molecule has 2 amide bonds. The van der Waals surface area contributed by atoms with Gasteiger partial charge in [0.1, 0.15) is 0 Å². The van der Waals surface area contributed by atoms with Gasteiger partial charge in [-0.2, -0.15) is 26.3 Å². The van der Waals surface area contributed by atoms with Crippen molar-refractivity contribution in [3.63, 3.8) is 0 Å². The number of halogens is 7. The zero-order valence-electron chi connectivity index (χ0n) is 25.4. The Balaban J connectivity index is 1.30. The van der Waals surface area contributed by atoms with Crippen molar-refractivity contribution in [2.75, 3.05) is 44.7 Å². The fraction of sp³-hybridized carbons (Fsp3) is 0.412. The number of para-hydroxylation sites is 1. The summed E-state index contributed by atoms with van der Waals surface area (Å²) in [5.74, 6) is -1.20. The van der Waals surface area contributed by atoms with Crippen molar-refractivity contribution in [2.24, 2.45) is 0 Å². The first-order valence-corrected chi connectivity index (χ1v) is 15.4. The standard InChI is InChI=1S/C34H34ClF6N3O2/c1-22(45)44-21-32(29-5-3-4-6-30(29)44)12-15-43(16-13-32)14-11-24(23-7-9-28(35)10-8-23)20-42(2)31(46)25-17-26(33(36,37)38)19-27(18-25)34(39,40)41/h3-10,17-19,24H,11-16,20-21H2,1-2H3. The Labute approximate surface area is 268 Å². The summed E-state index contributed by atoms with van der Waals surface area (Å²) in [6, 6.07) is 16.0. The minimum atomic E-state index is -5.06. The maximum absolute atomic E-state index is 13.4. The molecule has 2 aliphatic rings. The van der Waals surface area contributed by atoms with Crippen molar-refractivity contribution in [3.8, 4) is 0 Å². The van der Waals surface area contributed by atoms with Gasteiger partial charge in [0.15, 0.2) is 0 Å². The molecule has 0 N–H and O–H groups in total. The molecule has 1 atom stereocenters. The Kier molecular flexibility index (Phi) is 9.48. The molecule has 5 nitrogen and oxygen atoms in total. The summed E-state index contributed by atoms with van der Waals surface area (Å²) in [5.41, 5.74) is -0.882. The topological polar surface area (TPSA) is 43.9 Å². The molecule has 5 rings (SSSR count). The zero-order chi connectivity index (χ0) is 33.4. The highest BCUT2D eigenvalue weighted by Crippen LogP contribution is 2.47. The van der Waals surface area contributed by atoms with Crippen LogP contribution in [0.4, 0.5) is 32.0 Å². The number of nitrogens with zero attached hydrogens (tertiary/aromatic N) is 3. The molecule has 2 aliphatic heterocycles. The number of likely N-dealkylation sites (tertiary alicyclic amines) is 1. The van der Waals surface area contributed by atoms with Gasteiger partial charge in [-0.15, -0.1) is 0 Å². The molecule has 12 heteroatoms. The molecule has 46 heavy (non-hydrogen) atoms. The Morgan fingerprint density at radius 3 is 2.07 bits per heavy atom. The Morgan fingerprint density at radius 1 is 0.913 bits per heavy atom. The Morgan fingerprint density at radius 2 is 1.50 bits per heavy atom. The molecule has 1 fully saturated rings. The Hall–Kier alpha value is -3.57. The maximum Gasteiger partial charge on any atom is 0.416 e. The van der Waals surface area contributed by atoms with Gasteiger partial charge in [0.25, 0.3) is 5.91 Å². The van der Waals surface area contributed by atoms with E-state index in [4.69, 9.17) is 11.6 Å². The number of anilines is 1. The number of carbonyl (C=O) groups is 2. The number of benzene rings is 3. The van der Waals surface area contributed by atoms with E-state index in [1.165, 1.54) is 17.5 Å². The number of amides is 2. The lowest BCUT2D eigenvalue weighted by Crippen LogP contribution is -2.46. The molecule has 0 radical (unpaired) electrons. The van der Waals surface area contributed by atoms with Gasteiger partial charge in [-0.25, -0.2) is 0 Å². The lowest BCUT2D eigenvalue weighted by atomic mass is 9.74. The number of likely N-dealkylation sites (N-methyl/N-ethyl adjacent to an activating group) is 1. The van der Waals surface area contributed by atoms with Gasteiger partial charge >= 0.3 is 12.4 Å². The lowest BCUT2D eigenvalue weighted by molar-refractivity contribution is -0.143. The lowest BCUT2D eigenvalue weighted by Gasteiger charge is -2.40. The predicted molar refractivity (Wildman–Crippen MR) is 164 cm³/mol. The summed E-state index contributed by atoms with van der Waals surface area (Å²) in [6.45, 7) is 4.51. The number of hydrogen-bond donors (Lipinski definition) is 0. The van der Waals surface area contributed by atoms with Gasteiger partial charge in [0.05, 0.1) is 11.1 Å². The van der Waals surface area contributed by atoms with E-state index in [1.54, 1.807) is 19.1 Å². The number of piperidine rings is 1. The summed E-state index contributed by atoms with van der Waals surface area (Å²) >= 11 is 6.10. The third-order valence-electron chi connectivity index (χ3n) is 9.23. The molecular weight excluding hydrogens is 632 g/mol. The number of fused-ring (bicyclic) bond motifs is 2. The minimum absolute atomic E-state index is 0.0102. The highest BCUT2D eigenvalue weighted by Gasteiger charge is 2.45. The van der Waals surface area contributed by atoms with Gasteiger partial charge < -0.3 is 14.7 Å². The fourth-order valence-electron chi connectivity index (χ4n) is 6.69. The van der Waals surface area contributed by atoms with Crippen molar-refractivity contribution in [3.05, 3.63) is 99.6 Å². The predicted octanol–water partition coefficient (Wildman–Crippen LogP) is 8.02. The average molecular weight is 666 g/mol. The third kappa shape index (κ3) is 7.20. The molecule has 0 aliphatic carbocycles. The SMILES string of the molecule is CC(=O)N1CC2(CCN(CCC(CN(C)C(=O)c3cc(C(F)(F)F)cc(C(F)(F)F)c3)c3ccc(Cl)cc3)CC2)c2ccccc21. The number of rotatable bonds is 7. The van der Waals surface area contributed by atoms with Crippen LogP contribution in [0.1, 0.15) is 64.7 Å². The molecule has 246 valence electrons. The van der Waals surface area contributed by atoms with Crippen LogP contribution in [0.5, 0.6) is 0 Å². The van der Waals surface area contributed by atoms with Crippen molar-refractivity contribution in [1.82, 2.24) is 9.80 Å². The van der Waals surface area contributed by atoms with Crippen LogP contribution in [0, 0.1) is 0 Å². The van der Waals surface area contributed by atoms with E-state index in [2.05, 4.69) is 11.0 Å². The third-order valence-corrected chi connectivity index (χ3v) is 9.48. The summed E-state index contributed by atoms with van der Waals surface area (Å²) in [4.78, 5) is 31.0. The van der Waals surface area contributed by atoms with Crippen molar-refractivity contribution in [1.29, 1.82) is 0 Å². The van der Waals surface area contributed by atoms with E-state index in [9.17, 15) is 35.9 Å². The van der Waals surface area contributed by atoms with Crippen LogP contribution >= 0.6 is 11.6 Å². The number of carbonyl (C=O) groups excluding carboxylic acids is 2. The quantitative estimate of drug-likeness (QED) is 0.240. The highest BCUT2D eigenvalue weighted by molar-refractivity contribution is 6.30. The van der Waals surface area contributed by atoms with E-state index >= 15 is 0 Å². The van der Waals surface area contributed by atoms with Crippen LogP contribution < -0.4 is 4.90 Å². The minimum Gasteiger partial charge on any atom is -0.341 e. The van der Waals surface area contributed by atoms with Crippen molar-refractivity contribution < 1.29 is 35.9 Å². The highest BCUT2D eigenvalue weighted by atomic mass is 35.5. The van der Waals surface area contributed by atoms with Gasteiger partial charge in [0, 0.05) is 54.7 Å². The summed E-state index contributed by atoms with van der Waals surface area (Å²) < 4.78 is 80.6. The molecule has 0 aromatic heterocycles. The first-order valence-electron chi connectivity index (χ1n) is 15.0. The van der Waals surface area contributed by atoms with Crippen LogP contribution in [0.15, 0.2) is 66.7 Å². The summed E-state index contributed by atoms with van der Waals surface area (Å²) in [7, 11) is 1.38. The first-order chi connectivity index (χ1) is 21.6. The molecule has 1 spiro atoms. The van der Waals surface area contributed by atoms with Crippen LogP contribution in [0.3, 0.4) is 0 Å². The molecule has 2 heterocycles. The molecular formula is C34H34ClF6N3O2. The second-order valence-corrected chi connectivity index (χ2v) is 12.7. The van der Waals surface area contributed by atoms with E-state index in [1.807, 2.05) is 35.2 Å². The molecule has 0 saturated carbocycles. The normalized spacial score (nSPS) is 17.2. The molecule has 1 saturated heterocycles. The Bertz CT molecular complexity index is 1550. The van der Waals surface area contributed by atoms with Crippen LogP contribution in [-0.4, -0.2) is 61.4 Å². The molecule has 1 unspecified atom stereocenters. The van der Waals surface area contributed by atoms with Crippen molar-refractivity contribution in [2.45, 2.75) is 49.9 Å². The molecule has 0 bridgehead atoms. The average Bonchev–Trinajstić information content (AvgIpc) is 3.33. The first kappa shape index (κ1) is 33.8. The largest absolute Gasteiger partial charge is 0.416 e. The molecule has 3 aromatic rings. The van der Waals surface area contributed by atoms with Crippen LogP contribution in [0.2, 0.25) is 5.02 Å². The zero-order valence-corrected chi connectivity index (χ0v) is 26.1. The molecule has 3 aromatic carbocycles. The summed E-state index contributed by atoms with van der Waals surface area (Å²) in [6.07, 6.45) is -7.82. The number of alkyl halides is 6. The second kappa shape index (κ2) is 12.9. The van der Waals surface area contributed by atoms with E-state index < -0.39 is 35.0 Å².